The third-order valence-corrected chi connectivity index (χ3v) is 4.12. The summed E-state index contributed by atoms with van der Waals surface area (Å²) in [5, 5.41) is 8.85. The van der Waals surface area contributed by atoms with Crippen molar-refractivity contribution in [3.05, 3.63) is 45.1 Å². The van der Waals surface area contributed by atoms with Crippen LogP contribution in [0.1, 0.15) is 10.4 Å². The molecule has 0 fully saturated rings. The quantitative estimate of drug-likeness (QED) is 0.574. The van der Waals surface area contributed by atoms with Crippen molar-refractivity contribution in [2.24, 2.45) is 5.16 Å². The van der Waals surface area contributed by atoms with E-state index in [-0.39, 0.29) is 12.5 Å². The Morgan fingerprint density at radius 2 is 2.21 bits per heavy atom. The molecule has 0 unspecified atom stereocenters. The number of carbonyl (C=O) groups is 1. The van der Waals surface area contributed by atoms with Crippen LogP contribution in [-0.2, 0) is 16.2 Å². The highest BCUT2D eigenvalue weighted by Crippen LogP contribution is 2.35. The van der Waals surface area contributed by atoms with Crippen LogP contribution in [-0.4, -0.2) is 32.9 Å². The summed E-state index contributed by atoms with van der Waals surface area (Å²) in [7, 11) is 3.03. The average molecular weight is 369 g/mol. The molecule has 1 heterocycles. The monoisotopic (exact) mass is 368 g/mol. The molecule has 0 bridgehead atoms. The first-order valence-electron chi connectivity index (χ1n) is 7.00. The normalized spacial score (nSPS) is 10.6. The molecule has 24 heavy (non-hydrogen) atoms. The Morgan fingerprint density at radius 3 is 2.88 bits per heavy atom. The minimum atomic E-state index is -0.245. The first-order chi connectivity index (χ1) is 11.6. The van der Waals surface area contributed by atoms with Gasteiger partial charge in [-0.25, -0.2) is 0 Å². The van der Waals surface area contributed by atoms with Crippen LogP contribution in [0.3, 0.4) is 0 Å². The zero-order valence-corrected chi connectivity index (χ0v) is 14.8. The molecule has 2 rings (SSSR count). The maximum atomic E-state index is 11.6. The molecule has 1 amide bonds. The van der Waals surface area contributed by atoms with Gasteiger partial charge in [0, 0.05) is 10.4 Å². The van der Waals surface area contributed by atoms with E-state index < -0.39 is 0 Å². The van der Waals surface area contributed by atoms with Crippen molar-refractivity contribution in [1.82, 2.24) is 5.32 Å². The van der Waals surface area contributed by atoms with E-state index in [1.807, 2.05) is 17.5 Å². The molecule has 0 aliphatic carbocycles. The smallest absolute Gasteiger partial charge is 0.261 e. The van der Waals surface area contributed by atoms with Gasteiger partial charge in [-0.05, 0) is 23.6 Å². The number of nitrogens with zero attached hydrogens (tertiary/aromatic N) is 1. The Hall–Kier alpha value is -2.25. The number of nitrogens with one attached hydrogen (secondary N) is 1. The summed E-state index contributed by atoms with van der Waals surface area (Å²) in [4.78, 5) is 17.7. The van der Waals surface area contributed by atoms with Crippen molar-refractivity contribution in [2.45, 2.75) is 6.54 Å². The van der Waals surface area contributed by atoms with Crippen molar-refractivity contribution in [2.75, 3.05) is 20.8 Å². The molecule has 8 heteroatoms. The van der Waals surface area contributed by atoms with E-state index in [0.717, 1.165) is 4.88 Å². The Labute approximate surface area is 149 Å². The number of oxime groups is 1. The summed E-state index contributed by atoms with van der Waals surface area (Å²) in [5.41, 5.74) is 0.664. The summed E-state index contributed by atoms with van der Waals surface area (Å²) in [6.45, 7) is 0.317. The van der Waals surface area contributed by atoms with Crippen molar-refractivity contribution < 1.29 is 19.1 Å². The predicted octanol–water partition coefficient (Wildman–Crippen LogP) is 3.09. The summed E-state index contributed by atoms with van der Waals surface area (Å²) in [6, 6.07) is 7.24. The van der Waals surface area contributed by atoms with Crippen molar-refractivity contribution >= 4 is 35.1 Å². The van der Waals surface area contributed by atoms with E-state index in [2.05, 4.69) is 10.5 Å². The van der Waals surface area contributed by atoms with Gasteiger partial charge in [0.25, 0.3) is 5.91 Å². The first-order valence-corrected chi connectivity index (χ1v) is 8.25. The number of hydrogen-bond donors (Lipinski definition) is 1. The van der Waals surface area contributed by atoms with E-state index in [0.29, 0.717) is 28.6 Å². The van der Waals surface area contributed by atoms with Gasteiger partial charge in [0.05, 0.1) is 32.0 Å². The molecule has 2 aromatic rings. The summed E-state index contributed by atoms with van der Waals surface area (Å²) >= 11 is 7.67. The van der Waals surface area contributed by atoms with Crippen molar-refractivity contribution in [3.63, 3.8) is 0 Å². The first kappa shape index (κ1) is 18.1. The van der Waals surface area contributed by atoms with Gasteiger partial charge in [0.2, 0.25) is 0 Å². The average Bonchev–Trinajstić information content (AvgIpc) is 3.09. The van der Waals surface area contributed by atoms with Crippen LogP contribution in [0.4, 0.5) is 0 Å². The van der Waals surface area contributed by atoms with Crippen LogP contribution in [0.15, 0.2) is 34.8 Å². The van der Waals surface area contributed by atoms with Gasteiger partial charge >= 0.3 is 0 Å². The molecule has 1 N–H and O–H groups in total. The molecular weight excluding hydrogens is 352 g/mol. The molecule has 1 aromatic carbocycles. The van der Waals surface area contributed by atoms with Crippen LogP contribution < -0.4 is 14.8 Å². The molecule has 6 nitrogen and oxygen atoms in total. The number of hydrogen-bond acceptors (Lipinski definition) is 6. The number of thiophene rings is 1. The minimum Gasteiger partial charge on any atom is -0.493 e. The number of amides is 1. The van der Waals surface area contributed by atoms with Gasteiger partial charge in [-0.2, -0.15) is 0 Å². The lowest BCUT2D eigenvalue weighted by Crippen LogP contribution is -2.26. The maximum Gasteiger partial charge on any atom is 0.261 e. The van der Waals surface area contributed by atoms with Gasteiger partial charge in [-0.3, -0.25) is 4.79 Å². The van der Waals surface area contributed by atoms with Crippen LogP contribution in [0, 0.1) is 0 Å². The lowest BCUT2D eigenvalue weighted by Gasteiger charge is -2.09. The third kappa shape index (κ3) is 5.14. The second-order valence-electron chi connectivity index (χ2n) is 4.60. The molecule has 1 aromatic heterocycles. The summed E-state index contributed by atoms with van der Waals surface area (Å²) < 4.78 is 10.3. The van der Waals surface area contributed by atoms with E-state index in [1.165, 1.54) is 20.4 Å². The zero-order valence-electron chi connectivity index (χ0n) is 13.2. The Morgan fingerprint density at radius 1 is 1.38 bits per heavy atom. The SMILES string of the molecule is COc1cc(/C=N/OCC(=O)NCc2cccs2)cc(Cl)c1OC. The highest BCUT2D eigenvalue weighted by atomic mass is 35.5. The van der Waals surface area contributed by atoms with Crippen LogP contribution in [0.2, 0.25) is 5.02 Å². The number of ether oxygens (including phenoxy) is 2. The zero-order chi connectivity index (χ0) is 17.4. The summed E-state index contributed by atoms with van der Waals surface area (Å²) in [6.07, 6.45) is 1.44. The Kier molecular flexibility index (Phi) is 6.89. The molecule has 0 atom stereocenters. The maximum absolute atomic E-state index is 11.6. The molecule has 0 aliphatic heterocycles. The van der Waals surface area contributed by atoms with E-state index >= 15 is 0 Å². The van der Waals surface area contributed by atoms with Gasteiger partial charge in [0.1, 0.15) is 0 Å². The number of benzene rings is 1. The lowest BCUT2D eigenvalue weighted by molar-refractivity contribution is -0.125. The Balaban J connectivity index is 1.83. The highest BCUT2D eigenvalue weighted by molar-refractivity contribution is 7.09. The molecule has 0 aliphatic rings. The predicted molar refractivity (Wildman–Crippen MR) is 94.3 cm³/mol. The molecule has 128 valence electrons. The molecule has 0 radical (unpaired) electrons. The number of methoxy groups -OCH3 is 2. The van der Waals surface area contributed by atoms with E-state index in [1.54, 1.807) is 23.5 Å². The second kappa shape index (κ2) is 9.14. The number of halogens is 1. The van der Waals surface area contributed by atoms with Crippen LogP contribution in [0.25, 0.3) is 0 Å². The number of rotatable bonds is 8. The lowest BCUT2D eigenvalue weighted by atomic mass is 10.2. The van der Waals surface area contributed by atoms with Gasteiger partial charge < -0.3 is 19.6 Å². The van der Waals surface area contributed by atoms with Gasteiger partial charge in [-0.15, -0.1) is 11.3 Å². The molecule has 0 saturated carbocycles. The van der Waals surface area contributed by atoms with Crippen LogP contribution in [0.5, 0.6) is 11.5 Å². The van der Waals surface area contributed by atoms with E-state index in [4.69, 9.17) is 25.9 Å². The van der Waals surface area contributed by atoms with Gasteiger partial charge in [0.15, 0.2) is 18.1 Å². The largest absolute Gasteiger partial charge is 0.493 e. The minimum absolute atomic E-state index is 0.164. The molecule has 0 saturated heterocycles. The summed E-state index contributed by atoms with van der Waals surface area (Å²) in [5.74, 6) is 0.691. The van der Waals surface area contributed by atoms with Crippen molar-refractivity contribution in [1.29, 1.82) is 0 Å². The number of carbonyl (C=O) groups excluding carboxylic acids is 1. The van der Waals surface area contributed by atoms with Crippen molar-refractivity contribution in [3.8, 4) is 11.5 Å². The molecular formula is C16H17ClN2O4S. The molecule has 0 spiro atoms. The fourth-order valence-corrected chi connectivity index (χ4v) is 2.80. The van der Waals surface area contributed by atoms with Gasteiger partial charge in [-0.1, -0.05) is 22.8 Å². The fraction of sp³-hybridized carbons (Fsp3) is 0.250. The fourth-order valence-electron chi connectivity index (χ4n) is 1.86. The Bertz CT molecular complexity index is 704. The second-order valence-corrected chi connectivity index (χ2v) is 6.04. The van der Waals surface area contributed by atoms with E-state index in [9.17, 15) is 4.79 Å². The topological polar surface area (TPSA) is 69.2 Å². The highest BCUT2D eigenvalue weighted by Gasteiger charge is 2.10. The third-order valence-electron chi connectivity index (χ3n) is 2.97. The van der Waals surface area contributed by atoms with Crippen LogP contribution >= 0.6 is 22.9 Å². The standard InChI is InChI=1S/C16H17ClN2O4S/c1-21-14-7-11(6-13(17)16(14)22-2)8-19-23-10-15(20)18-9-12-4-3-5-24-12/h3-8H,9-10H2,1-2H3,(H,18,20)/b19-8+.